The lowest BCUT2D eigenvalue weighted by atomic mass is 10.2. The molecule has 0 saturated carbocycles. The topological polar surface area (TPSA) is 39.9 Å². The molecule has 0 aliphatic rings. The number of ether oxygens (including phenoxy) is 1. The van der Waals surface area contributed by atoms with E-state index in [1.165, 1.54) is 0 Å². The van der Waals surface area contributed by atoms with Crippen LogP contribution in [0.15, 0.2) is 41.6 Å². The highest BCUT2D eigenvalue weighted by molar-refractivity contribution is 7.99. The first-order valence-corrected chi connectivity index (χ1v) is 8.49. The second kappa shape index (κ2) is 8.03. The van der Waals surface area contributed by atoms with Gasteiger partial charge in [0.1, 0.15) is 5.75 Å². The van der Waals surface area contributed by atoms with E-state index in [-0.39, 0.29) is 0 Å². The molecule has 0 bridgehead atoms. The zero-order valence-corrected chi connectivity index (χ0v) is 14.3. The molecule has 0 aliphatic heterocycles. The summed E-state index contributed by atoms with van der Waals surface area (Å²) in [6.07, 6.45) is 2.26. The predicted octanol–water partition coefficient (Wildman–Crippen LogP) is 4.42. The molecule has 1 aromatic carbocycles. The smallest absolute Gasteiger partial charge is 0.191 e. The normalized spacial score (nSPS) is 10.7. The summed E-state index contributed by atoms with van der Waals surface area (Å²) in [5, 5.41) is 9.72. The molecule has 0 fully saturated rings. The number of nitrogens with zero attached hydrogens (tertiary/aromatic N) is 3. The van der Waals surface area contributed by atoms with E-state index in [4.69, 9.17) is 4.74 Å². The predicted molar refractivity (Wildman–Crippen MR) is 92.5 cm³/mol. The summed E-state index contributed by atoms with van der Waals surface area (Å²) in [7, 11) is 1.67. The molecule has 0 atom stereocenters. The van der Waals surface area contributed by atoms with E-state index in [0.717, 1.165) is 53.0 Å². The molecular weight excluding hydrogens is 294 g/mol. The molecule has 0 radical (unpaired) electrons. The van der Waals surface area contributed by atoms with Crippen molar-refractivity contribution in [3.05, 3.63) is 36.4 Å². The molecule has 4 nitrogen and oxygen atoms in total. The van der Waals surface area contributed by atoms with E-state index in [1.54, 1.807) is 18.9 Å². The molecule has 0 aliphatic carbocycles. The van der Waals surface area contributed by atoms with Crippen molar-refractivity contribution in [1.82, 2.24) is 14.8 Å². The van der Waals surface area contributed by atoms with Crippen LogP contribution in [-0.4, -0.2) is 27.6 Å². The molecule has 5 heteroatoms. The minimum Gasteiger partial charge on any atom is -0.497 e. The van der Waals surface area contributed by atoms with Gasteiger partial charge in [0, 0.05) is 17.9 Å². The average Bonchev–Trinajstić information content (AvgIpc) is 2.93. The van der Waals surface area contributed by atoms with Gasteiger partial charge in [0.2, 0.25) is 0 Å². The van der Waals surface area contributed by atoms with Crippen LogP contribution in [0.3, 0.4) is 0 Å². The third kappa shape index (κ3) is 4.13. The van der Waals surface area contributed by atoms with E-state index in [2.05, 4.69) is 28.3 Å². The van der Waals surface area contributed by atoms with Gasteiger partial charge in [0.25, 0.3) is 0 Å². The van der Waals surface area contributed by atoms with E-state index in [9.17, 15) is 0 Å². The summed E-state index contributed by atoms with van der Waals surface area (Å²) in [6, 6.07) is 7.96. The number of hydrogen-bond acceptors (Lipinski definition) is 4. The van der Waals surface area contributed by atoms with Crippen LogP contribution < -0.4 is 4.74 Å². The molecule has 0 N–H and O–H groups in total. The SMILES string of the molecule is C=C(C)CSc1nnc(-c2ccc(OC)cc2)n1CCCC. The van der Waals surface area contributed by atoms with Crippen LogP contribution in [0.4, 0.5) is 0 Å². The molecule has 0 saturated heterocycles. The monoisotopic (exact) mass is 317 g/mol. The van der Waals surface area contributed by atoms with E-state index in [1.807, 2.05) is 31.2 Å². The summed E-state index contributed by atoms with van der Waals surface area (Å²) in [6.45, 7) is 9.11. The molecule has 0 spiro atoms. The third-order valence-corrected chi connectivity index (χ3v) is 4.45. The van der Waals surface area contributed by atoms with Crippen molar-refractivity contribution in [3.63, 3.8) is 0 Å². The first-order valence-electron chi connectivity index (χ1n) is 7.50. The summed E-state index contributed by atoms with van der Waals surface area (Å²) in [5.41, 5.74) is 2.20. The lowest BCUT2D eigenvalue weighted by molar-refractivity contribution is 0.415. The van der Waals surface area contributed by atoms with Crippen molar-refractivity contribution in [2.45, 2.75) is 38.4 Å². The van der Waals surface area contributed by atoms with Gasteiger partial charge in [-0.05, 0) is 37.6 Å². The van der Waals surface area contributed by atoms with Crippen LogP contribution in [0.2, 0.25) is 0 Å². The van der Waals surface area contributed by atoms with Gasteiger partial charge in [0.05, 0.1) is 7.11 Å². The fourth-order valence-corrected chi connectivity index (χ4v) is 2.86. The van der Waals surface area contributed by atoms with Crippen molar-refractivity contribution in [2.24, 2.45) is 0 Å². The number of benzene rings is 1. The highest BCUT2D eigenvalue weighted by atomic mass is 32.2. The standard InChI is InChI=1S/C17H23N3OS/c1-5-6-11-20-16(14-7-9-15(21-4)10-8-14)18-19-17(20)22-12-13(2)3/h7-10H,2,5-6,11-12H2,1,3-4H3. The number of unbranched alkanes of at least 4 members (excludes halogenated alkanes) is 1. The van der Waals surface area contributed by atoms with Gasteiger partial charge in [-0.1, -0.05) is 37.3 Å². The Morgan fingerprint density at radius 1 is 1.27 bits per heavy atom. The highest BCUT2D eigenvalue weighted by Gasteiger charge is 2.14. The Kier molecular flexibility index (Phi) is 6.07. The molecule has 0 unspecified atom stereocenters. The Hall–Kier alpha value is -1.75. The maximum absolute atomic E-state index is 5.21. The van der Waals surface area contributed by atoms with Crippen molar-refractivity contribution in [1.29, 1.82) is 0 Å². The Morgan fingerprint density at radius 3 is 2.59 bits per heavy atom. The number of thioether (sulfide) groups is 1. The number of rotatable bonds is 8. The summed E-state index contributed by atoms with van der Waals surface area (Å²) in [5.74, 6) is 2.63. The molecule has 2 aromatic rings. The minimum atomic E-state index is 0.847. The third-order valence-electron chi connectivity index (χ3n) is 3.25. The first kappa shape index (κ1) is 16.6. The maximum Gasteiger partial charge on any atom is 0.191 e. The molecule has 2 rings (SSSR count). The Labute approximate surface area is 136 Å². The largest absolute Gasteiger partial charge is 0.497 e. The van der Waals surface area contributed by atoms with Gasteiger partial charge in [-0.3, -0.25) is 0 Å². The maximum atomic E-state index is 5.21. The molecule has 1 aromatic heterocycles. The van der Waals surface area contributed by atoms with Crippen molar-refractivity contribution in [2.75, 3.05) is 12.9 Å². The van der Waals surface area contributed by atoms with Crippen LogP contribution in [0, 0.1) is 0 Å². The molecular formula is C17H23N3OS. The van der Waals surface area contributed by atoms with Crippen molar-refractivity contribution in [3.8, 4) is 17.1 Å². The van der Waals surface area contributed by atoms with E-state index >= 15 is 0 Å². The van der Waals surface area contributed by atoms with Crippen molar-refractivity contribution < 1.29 is 4.74 Å². The second-order valence-corrected chi connectivity index (χ2v) is 6.23. The van der Waals surface area contributed by atoms with Gasteiger partial charge in [-0.25, -0.2) is 0 Å². The fourth-order valence-electron chi connectivity index (χ4n) is 2.05. The van der Waals surface area contributed by atoms with Gasteiger partial charge < -0.3 is 9.30 Å². The van der Waals surface area contributed by atoms with Crippen LogP contribution in [0.1, 0.15) is 26.7 Å². The Morgan fingerprint density at radius 2 is 2.00 bits per heavy atom. The zero-order valence-electron chi connectivity index (χ0n) is 13.5. The number of methoxy groups -OCH3 is 1. The lowest BCUT2D eigenvalue weighted by Gasteiger charge is -2.10. The first-order chi connectivity index (χ1) is 10.7. The van der Waals surface area contributed by atoms with Gasteiger partial charge in [-0.2, -0.15) is 0 Å². The summed E-state index contributed by atoms with van der Waals surface area (Å²) < 4.78 is 7.42. The molecule has 118 valence electrons. The van der Waals surface area contributed by atoms with Crippen LogP contribution in [0.25, 0.3) is 11.4 Å². The van der Waals surface area contributed by atoms with E-state index in [0.29, 0.717) is 0 Å². The van der Waals surface area contributed by atoms with Crippen LogP contribution in [0.5, 0.6) is 5.75 Å². The second-order valence-electron chi connectivity index (χ2n) is 5.29. The number of hydrogen-bond donors (Lipinski definition) is 0. The Balaban J connectivity index is 2.30. The van der Waals surface area contributed by atoms with Gasteiger partial charge in [0.15, 0.2) is 11.0 Å². The lowest BCUT2D eigenvalue weighted by Crippen LogP contribution is -2.03. The van der Waals surface area contributed by atoms with E-state index < -0.39 is 0 Å². The summed E-state index contributed by atoms with van der Waals surface area (Å²) in [4.78, 5) is 0. The van der Waals surface area contributed by atoms with Gasteiger partial charge >= 0.3 is 0 Å². The zero-order chi connectivity index (χ0) is 15.9. The Bertz CT molecular complexity index is 619. The molecule has 22 heavy (non-hydrogen) atoms. The van der Waals surface area contributed by atoms with Crippen molar-refractivity contribution >= 4 is 11.8 Å². The minimum absolute atomic E-state index is 0.847. The number of aromatic nitrogens is 3. The molecule has 0 amide bonds. The van der Waals surface area contributed by atoms with Crippen LogP contribution in [-0.2, 0) is 6.54 Å². The van der Waals surface area contributed by atoms with Gasteiger partial charge in [-0.15, -0.1) is 10.2 Å². The highest BCUT2D eigenvalue weighted by Crippen LogP contribution is 2.26. The average molecular weight is 317 g/mol. The fraction of sp³-hybridized carbons (Fsp3) is 0.412. The van der Waals surface area contributed by atoms with Crippen LogP contribution >= 0.6 is 11.8 Å². The quantitative estimate of drug-likeness (QED) is 0.533. The summed E-state index contributed by atoms with van der Waals surface area (Å²) >= 11 is 1.69. The molecule has 1 heterocycles.